The lowest BCUT2D eigenvalue weighted by molar-refractivity contribution is 0.165. The number of rotatable bonds is 11. The van der Waals surface area contributed by atoms with E-state index < -0.39 is 0 Å². The third kappa shape index (κ3) is 6.71. The number of aromatic nitrogens is 3. The highest BCUT2D eigenvalue weighted by molar-refractivity contribution is 4.65. The van der Waals surface area contributed by atoms with Crippen LogP contribution in [0.3, 0.4) is 0 Å². The second kappa shape index (κ2) is 9.96. The van der Waals surface area contributed by atoms with Gasteiger partial charge in [0.25, 0.3) is 0 Å². The molecule has 4 nitrogen and oxygen atoms in total. The van der Waals surface area contributed by atoms with Crippen LogP contribution in [0.5, 0.6) is 0 Å². The molecule has 0 radical (unpaired) electrons. The van der Waals surface area contributed by atoms with Crippen molar-refractivity contribution in [1.82, 2.24) is 19.7 Å². The maximum atomic E-state index is 4.22. The molecule has 1 atom stereocenters. The third-order valence-electron chi connectivity index (χ3n) is 3.70. The molecule has 1 rings (SSSR count). The molecule has 0 saturated heterocycles. The summed E-state index contributed by atoms with van der Waals surface area (Å²) in [5.74, 6) is 0.820. The smallest absolute Gasteiger partial charge is 0.137 e. The van der Waals surface area contributed by atoms with E-state index in [4.69, 9.17) is 0 Å². The highest BCUT2D eigenvalue weighted by Gasteiger charge is 2.13. The van der Waals surface area contributed by atoms with Gasteiger partial charge in [0.2, 0.25) is 0 Å². The highest BCUT2D eigenvalue weighted by atomic mass is 15.4. The Morgan fingerprint density at radius 2 is 1.95 bits per heavy atom. The molecular formula is C15H30N4. The van der Waals surface area contributed by atoms with Crippen molar-refractivity contribution in [2.45, 2.75) is 66.0 Å². The molecule has 0 amide bonds. The molecule has 0 saturated carbocycles. The summed E-state index contributed by atoms with van der Waals surface area (Å²) in [6.07, 6.45) is 11.2. The number of unbranched alkanes of at least 4 members (excludes halogenated alkanes) is 2. The maximum absolute atomic E-state index is 4.22. The average molecular weight is 266 g/mol. The summed E-state index contributed by atoms with van der Waals surface area (Å²) in [6, 6.07) is 0. The van der Waals surface area contributed by atoms with Gasteiger partial charge in [-0.2, -0.15) is 5.10 Å². The monoisotopic (exact) mass is 266 g/mol. The fourth-order valence-corrected chi connectivity index (χ4v) is 2.39. The predicted molar refractivity (Wildman–Crippen MR) is 79.8 cm³/mol. The fraction of sp³-hybridized carbons (Fsp3) is 0.867. The molecule has 0 aliphatic rings. The Kier molecular flexibility index (Phi) is 8.47. The predicted octanol–water partition coefficient (Wildman–Crippen LogP) is 3.55. The Labute approximate surface area is 118 Å². The molecule has 19 heavy (non-hydrogen) atoms. The van der Waals surface area contributed by atoms with Gasteiger partial charge in [-0.3, -0.25) is 4.90 Å². The van der Waals surface area contributed by atoms with E-state index >= 15 is 0 Å². The zero-order chi connectivity index (χ0) is 13.9. The second-order valence-electron chi connectivity index (χ2n) is 5.42. The van der Waals surface area contributed by atoms with E-state index in [1.807, 2.05) is 11.0 Å². The number of hydrogen-bond donors (Lipinski definition) is 0. The van der Waals surface area contributed by atoms with Crippen molar-refractivity contribution >= 4 is 0 Å². The van der Waals surface area contributed by atoms with E-state index in [1.54, 1.807) is 6.33 Å². The van der Waals surface area contributed by atoms with Crippen LogP contribution >= 0.6 is 0 Å². The lowest BCUT2D eigenvalue weighted by atomic mass is 9.99. The molecule has 0 aliphatic heterocycles. The van der Waals surface area contributed by atoms with Gasteiger partial charge in [-0.25, -0.2) is 9.67 Å². The lowest BCUT2D eigenvalue weighted by Crippen LogP contribution is -2.32. The van der Waals surface area contributed by atoms with E-state index in [-0.39, 0.29) is 0 Å². The molecular weight excluding hydrogens is 236 g/mol. The quantitative estimate of drug-likeness (QED) is 0.614. The molecule has 0 aromatic carbocycles. The Bertz CT molecular complexity index is 297. The van der Waals surface area contributed by atoms with Gasteiger partial charge in [0, 0.05) is 6.54 Å². The molecule has 0 N–H and O–H groups in total. The van der Waals surface area contributed by atoms with E-state index in [1.165, 1.54) is 51.6 Å². The lowest BCUT2D eigenvalue weighted by Gasteiger charge is -2.26. The topological polar surface area (TPSA) is 34.0 Å². The van der Waals surface area contributed by atoms with E-state index in [0.29, 0.717) is 0 Å². The van der Waals surface area contributed by atoms with Crippen molar-refractivity contribution in [2.75, 3.05) is 13.1 Å². The van der Waals surface area contributed by atoms with Gasteiger partial charge >= 0.3 is 0 Å². The standard InChI is InChI=1S/C15H30N4/c1-4-7-9-15(6-3)11-18(10-8-5-2)14-19-13-16-12-17-19/h12-13,15H,4-11,14H2,1-3H3. The van der Waals surface area contributed by atoms with Gasteiger partial charge in [-0.15, -0.1) is 0 Å². The van der Waals surface area contributed by atoms with Crippen molar-refractivity contribution in [3.63, 3.8) is 0 Å². The first-order valence-electron chi connectivity index (χ1n) is 7.84. The fourth-order valence-electron chi connectivity index (χ4n) is 2.39. The van der Waals surface area contributed by atoms with Gasteiger partial charge in [0.15, 0.2) is 0 Å². The Balaban J connectivity index is 2.46. The summed E-state index contributed by atoms with van der Waals surface area (Å²) in [7, 11) is 0. The Hall–Kier alpha value is -0.900. The highest BCUT2D eigenvalue weighted by Crippen LogP contribution is 2.15. The first-order chi connectivity index (χ1) is 9.30. The van der Waals surface area contributed by atoms with E-state index in [2.05, 4.69) is 35.8 Å². The van der Waals surface area contributed by atoms with Crippen LogP contribution < -0.4 is 0 Å². The molecule has 4 heteroatoms. The van der Waals surface area contributed by atoms with Gasteiger partial charge in [-0.1, -0.05) is 46.5 Å². The molecule has 1 aromatic heterocycles. The van der Waals surface area contributed by atoms with Crippen LogP contribution in [-0.4, -0.2) is 32.8 Å². The van der Waals surface area contributed by atoms with Crippen LogP contribution in [-0.2, 0) is 6.67 Å². The molecule has 0 fully saturated rings. The van der Waals surface area contributed by atoms with Crippen LogP contribution in [0, 0.1) is 5.92 Å². The van der Waals surface area contributed by atoms with Crippen LogP contribution in [0.4, 0.5) is 0 Å². The van der Waals surface area contributed by atoms with Gasteiger partial charge in [-0.05, 0) is 25.3 Å². The summed E-state index contributed by atoms with van der Waals surface area (Å²) in [4.78, 5) is 6.56. The minimum absolute atomic E-state index is 0.820. The SMILES string of the molecule is CCCCC(CC)CN(CCCC)Cn1cncn1. The maximum Gasteiger partial charge on any atom is 0.137 e. The Morgan fingerprint density at radius 1 is 1.16 bits per heavy atom. The van der Waals surface area contributed by atoms with Gasteiger partial charge < -0.3 is 0 Å². The van der Waals surface area contributed by atoms with E-state index in [9.17, 15) is 0 Å². The van der Waals surface area contributed by atoms with Crippen molar-refractivity contribution in [2.24, 2.45) is 5.92 Å². The summed E-state index contributed by atoms with van der Waals surface area (Å²) in [5, 5.41) is 4.22. The molecule has 0 spiro atoms. The Morgan fingerprint density at radius 3 is 2.53 bits per heavy atom. The molecule has 1 unspecified atom stereocenters. The molecule has 1 heterocycles. The van der Waals surface area contributed by atoms with Gasteiger partial charge in [0.05, 0.1) is 6.67 Å². The molecule has 0 aliphatic carbocycles. The van der Waals surface area contributed by atoms with Crippen LogP contribution in [0.1, 0.15) is 59.3 Å². The zero-order valence-electron chi connectivity index (χ0n) is 12.9. The molecule has 1 aromatic rings. The third-order valence-corrected chi connectivity index (χ3v) is 3.70. The molecule has 110 valence electrons. The summed E-state index contributed by atoms with van der Waals surface area (Å²) in [5.41, 5.74) is 0. The second-order valence-corrected chi connectivity index (χ2v) is 5.42. The van der Waals surface area contributed by atoms with Crippen LogP contribution in [0.2, 0.25) is 0 Å². The summed E-state index contributed by atoms with van der Waals surface area (Å²) in [6.45, 7) is 10.1. The largest absolute Gasteiger partial charge is 0.284 e. The van der Waals surface area contributed by atoms with Gasteiger partial charge in [0.1, 0.15) is 12.7 Å². The average Bonchev–Trinajstić information content (AvgIpc) is 2.93. The first kappa shape index (κ1) is 16.2. The zero-order valence-corrected chi connectivity index (χ0v) is 12.9. The van der Waals surface area contributed by atoms with Crippen molar-refractivity contribution in [3.8, 4) is 0 Å². The first-order valence-corrected chi connectivity index (χ1v) is 7.84. The summed E-state index contributed by atoms with van der Waals surface area (Å²) >= 11 is 0. The van der Waals surface area contributed by atoms with Crippen LogP contribution in [0.15, 0.2) is 12.7 Å². The molecule has 0 bridgehead atoms. The van der Waals surface area contributed by atoms with Crippen molar-refractivity contribution < 1.29 is 0 Å². The summed E-state index contributed by atoms with van der Waals surface area (Å²) < 4.78 is 1.93. The minimum Gasteiger partial charge on any atom is -0.284 e. The number of nitrogens with zero attached hydrogens (tertiary/aromatic N) is 4. The van der Waals surface area contributed by atoms with E-state index in [0.717, 1.165) is 12.6 Å². The minimum atomic E-state index is 0.820. The van der Waals surface area contributed by atoms with Crippen molar-refractivity contribution in [1.29, 1.82) is 0 Å². The normalized spacial score (nSPS) is 13.1. The number of hydrogen-bond acceptors (Lipinski definition) is 3. The van der Waals surface area contributed by atoms with Crippen molar-refractivity contribution in [3.05, 3.63) is 12.7 Å². The van der Waals surface area contributed by atoms with Crippen LogP contribution in [0.25, 0.3) is 0 Å².